The van der Waals surface area contributed by atoms with Crippen LogP contribution in [0.3, 0.4) is 0 Å². The molecule has 2 bridgehead atoms. The van der Waals surface area contributed by atoms with Crippen LogP contribution < -0.4 is 5.32 Å². The van der Waals surface area contributed by atoms with Crippen molar-refractivity contribution in [3.8, 4) is 0 Å². The van der Waals surface area contributed by atoms with Crippen molar-refractivity contribution in [2.75, 3.05) is 6.26 Å². The molecular weight excluding hydrogens is 372 g/mol. The van der Waals surface area contributed by atoms with Gasteiger partial charge < -0.3 is 10.2 Å². The summed E-state index contributed by atoms with van der Waals surface area (Å²) >= 11 is 0. The Labute approximate surface area is 166 Å². The van der Waals surface area contributed by atoms with Crippen molar-refractivity contribution in [1.82, 2.24) is 10.2 Å². The van der Waals surface area contributed by atoms with Crippen LogP contribution in [0, 0.1) is 0 Å². The molecule has 4 rings (SSSR count). The highest BCUT2D eigenvalue weighted by molar-refractivity contribution is 7.90. The highest BCUT2D eigenvalue weighted by Gasteiger charge is 2.39. The molecule has 0 radical (unpaired) electrons. The van der Waals surface area contributed by atoms with Crippen LogP contribution in [0.2, 0.25) is 0 Å². The predicted molar refractivity (Wildman–Crippen MR) is 109 cm³/mol. The SMILES string of the molecule is CS(=O)(=O)c1ccccc1CNC(=O)N1C2C=C(c3ccccc3)CC1CC2. The van der Waals surface area contributed by atoms with Crippen molar-refractivity contribution in [1.29, 1.82) is 0 Å². The third kappa shape index (κ3) is 3.69. The molecule has 2 heterocycles. The van der Waals surface area contributed by atoms with E-state index >= 15 is 0 Å². The molecule has 0 spiro atoms. The Morgan fingerprint density at radius 2 is 1.79 bits per heavy atom. The molecule has 2 unspecified atom stereocenters. The van der Waals surface area contributed by atoms with E-state index in [1.54, 1.807) is 24.3 Å². The molecule has 0 aliphatic carbocycles. The van der Waals surface area contributed by atoms with Crippen LogP contribution in [0.4, 0.5) is 4.79 Å². The van der Waals surface area contributed by atoms with Crippen molar-refractivity contribution < 1.29 is 13.2 Å². The fourth-order valence-electron chi connectivity index (χ4n) is 4.29. The molecule has 2 atom stereocenters. The number of urea groups is 1. The average Bonchev–Trinajstić information content (AvgIpc) is 2.96. The summed E-state index contributed by atoms with van der Waals surface area (Å²) in [5.41, 5.74) is 3.14. The van der Waals surface area contributed by atoms with Crippen LogP contribution >= 0.6 is 0 Å². The highest BCUT2D eigenvalue weighted by atomic mass is 32.2. The van der Waals surface area contributed by atoms with E-state index < -0.39 is 9.84 Å². The average molecular weight is 397 g/mol. The monoisotopic (exact) mass is 396 g/mol. The Morgan fingerprint density at radius 3 is 2.50 bits per heavy atom. The predicted octanol–water partition coefficient (Wildman–Crippen LogP) is 3.62. The number of hydrogen-bond donors (Lipinski definition) is 1. The van der Waals surface area contributed by atoms with E-state index in [1.807, 2.05) is 23.1 Å². The number of hydrogen-bond acceptors (Lipinski definition) is 3. The van der Waals surface area contributed by atoms with E-state index in [4.69, 9.17) is 0 Å². The van der Waals surface area contributed by atoms with Gasteiger partial charge in [0.05, 0.1) is 10.9 Å². The standard InChI is InChI=1S/C22H24N2O3S/c1-28(26,27)21-10-6-5-9-17(21)15-23-22(25)24-19-11-12-20(24)14-18(13-19)16-7-3-2-4-8-16/h2-10,13,19-20H,11-12,14-15H2,1H3,(H,23,25). The van der Waals surface area contributed by atoms with E-state index in [-0.39, 0.29) is 29.6 Å². The summed E-state index contributed by atoms with van der Waals surface area (Å²) in [6, 6.07) is 17.3. The number of sulfone groups is 1. The van der Waals surface area contributed by atoms with Crippen LogP contribution in [0.1, 0.15) is 30.4 Å². The third-order valence-electron chi connectivity index (χ3n) is 5.58. The first-order valence-corrected chi connectivity index (χ1v) is 11.4. The summed E-state index contributed by atoms with van der Waals surface area (Å²) in [7, 11) is -3.33. The molecule has 2 aliphatic heterocycles. The van der Waals surface area contributed by atoms with Crippen LogP contribution in [0.25, 0.3) is 5.57 Å². The second-order valence-electron chi connectivity index (χ2n) is 7.51. The van der Waals surface area contributed by atoms with Crippen molar-refractivity contribution in [3.63, 3.8) is 0 Å². The Kier molecular flexibility index (Phi) is 4.98. The lowest BCUT2D eigenvalue weighted by molar-refractivity contribution is 0.179. The number of rotatable bonds is 4. The molecule has 2 aliphatic rings. The normalized spacial score (nSPS) is 21.3. The second kappa shape index (κ2) is 7.43. The zero-order valence-electron chi connectivity index (χ0n) is 15.8. The topological polar surface area (TPSA) is 66.5 Å². The summed E-state index contributed by atoms with van der Waals surface area (Å²) in [4.78, 5) is 15.1. The molecular formula is C22H24N2O3S. The van der Waals surface area contributed by atoms with Gasteiger partial charge in [-0.15, -0.1) is 0 Å². The number of nitrogens with zero attached hydrogens (tertiary/aromatic N) is 1. The Morgan fingerprint density at radius 1 is 1.07 bits per heavy atom. The Balaban J connectivity index is 1.48. The molecule has 1 saturated heterocycles. The zero-order valence-corrected chi connectivity index (χ0v) is 16.7. The van der Waals surface area contributed by atoms with Crippen molar-refractivity contribution in [2.45, 2.75) is 42.8 Å². The maximum Gasteiger partial charge on any atom is 0.318 e. The smallest absolute Gasteiger partial charge is 0.318 e. The van der Waals surface area contributed by atoms with Crippen LogP contribution in [-0.2, 0) is 16.4 Å². The van der Waals surface area contributed by atoms with Gasteiger partial charge in [-0.05, 0) is 42.0 Å². The van der Waals surface area contributed by atoms with E-state index in [2.05, 4.69) is 23.5 Å². The van der Waals surface area contributed by atoms with Crippen molar-refractivity contribution in [3.05, 3.63) is 71.8 Å². The molecule has 146 valence electrons. The molecule has 1 N–H and O–H groups in total. The number of nitrogens with one attached hydrogen (secondary N) is 1. The minimum atomic E-state index is -3.33. The first-order chi connectivity index (χ1) is 13.4. The largest absolute Gasteiger partial charge is 0.334 e. The van der Waals surface area contributed by atoms with Gasteiger partial charge in [-0.25, -0.2) is 13.2 Å². The number of fused-ring (bicyclic) bond motifs is 2. The zero-order chi connectivity index (χ0) is 19.7. The lowest BCUT2D eigenvalue weighted by Gasteiger charge is -2.34. The summed E-state index contributed by atoms with van der Waals surface area (Å²) < 4.78 is 23.9. The number of amides is 2. The summed E-state index contributed by atoms with van der Waals surface area (Å²) in [5, 5.41) is 2.93. The van der Waals surface area contributed by atoms with E-state index in [9.17, 15) is 13.2 Å². The maximum absolute atomic E-state index is 12.9. The molecule has 2 aromatic rings. The number of benzene rings is 2. The van der Waals surface area contributed by atoms with E-state index in [0.29, 0.717) is 5.56 Å². The maximum atomic E-state index is 12.9. The molecule has 5 nitrogen and oxygen atoms in total. The lowest BCUT2D eigenvalue weighted by atomic mass is 9.95. The molecule has 0 aromatic heterocycles. The van der Waals surface area contributed by atoms with Crippen molar-refractivity contribution in [2.24, 2.45) is 0 Å². The molecule has 2 aromatic carbocycles. The van der Waals surface area contributed by atoms with Gasteiger partial charge in [-0.2, -0.15) is 0 Å². The molecule has 6 heteroatoms. The van der Waals surface area contributed by atoms with Crippen LogP contribution in [-0.4, -0.2) is 37.7 Å². The van der Waals surface area contributed by atoms with Gasteiger partial charge in [0.25, 0.3) is 0 Å². The Hall–Kier alpha value is -2.60. The molecule has 0 saturated carbocycles. The molecule has 28 heavy (non-hydrogen) atoms. The van der Waals surface area contributed by atoms with Crippen LogP contribution in [0.5, 0.6) is 0 Å². The number of carbonyl (C=O) groups is 1. The Bertz CT molecular complexity index is 1020. The van der Waals surface area contributed by atoms with Gasteiger partial charge in [0.1, 0.15) is 0 Å². The van der Waals surface area contributed by atoms with Gasteiger partial charge in [0.2, 0.25) is 0 Å². The van der Waals surface area contributed by atoms with Gasteiger partial charge in [-0.3, -0.25) is 0 Å². The minimum Gasteiger partial charge on any atom is -0.334 e. The second-order valence-corrected chi connectivity index (χ2v) is 9.49. The third-order valence-corrected chi connectivity index (χ3v) is 6.77. The summed E-state index contributed by atoms with van der Waals surface area (Å²) in [6.45, 7) is 0.202. The van der Waals surface area contributed by atoms with Gasteiger partial charge in [0.15, 0.2) is 9.84 Å². The molecule has 1 fully saturated rings. The first-order valence-electron chi connectivity index (χ1n) is 9.54. The highest BCUT2D eigenvalue weighted by Crippen LogP contribution is 2.38. The quantitative estimate of drug-likeness (QED) is 0.858. The van der Waals surface area contributed by atoms with Gasteiger partial charge >= 0.3 is 6.03 Å². The first kappa shape index (κ1) is 18.7. The minimum absolute atomic E-state index is 0.0964. The summed E-state index contributed by atoms with van der Waals surface area (Å²) in [6.07, 6.45) is 6.21. The summed E-state index contributed by atoms with van der Waals surface area (Å²) in [5.74, 6) is 0. The fourth-order valence-corrected chi connectivity index (χ4v) is 5.23. The number of carbonyl (C=O) groups excluding carboxylic acids is 1. The van der Waals surface area contributed by atoms with Gasteiger partial charge in [0, 0.05) is 18.8 Å². The van der Waals surface area contributed by atoms with Crippen molar-refractivity contribution >= 4 is 21.4 Å². The molecule has 2 amide bonds. The van der Waals surface area contributed by atoms with E-state index in [1.165, 1.54) is 17.4 Å². The fraction of sp³-hybridized carbons (Fsp3) is 0.318. The lowest BCUT2D eigenvalue weighted by Crippen LogP contribution is -2.48. The van der Waals surface area contributed by atoms with Gasteiger partial charge in [-0.1, -0.05) is 54.6 Å². The van der Waals surface area contributed by atoms with E-state index in [0.717, 1.165) is 19.3 Å². The van der Waals surface area contributed by atoms with Crippen LogP contribution in [0.15, 0.2) is 65.6 Å².